The number of benzene rings is 3. The van der Waals surface area contributed by atoms with Crippen LogP contribution in [-0.4, -0.2) is 39.7 Å². The highest BCUT2D eigenvalue weighted by molar-refractivity contribution is 6.68. The lowest BCUT2D eigenvalue weighted by atomic mass is 10.2. The summed E-state index contributed by atoms with van der Waals surface area (Å²) in [5.41, 5.74) is -1.55. The number of halogens is 8. The molecule has 0 aliphatic carbocycles. The molecule has 1 aliphatic rings. The van der Waals surface area contributed by atoms with Gasteiger partial charge in [0.15, 0.2) is 6.17 Å². The largest absolute Gasteiger partial charge is 0.337 e. The van der Waals surface area contributed by atoms with E-state index in [4.69, 9.17) is 34.8 Å². The average Bonchev–Trinajstić information content (AvgIpc) is 3.03. The lowest BCUT2D eigenvalue weighted by Gasteiger charge is -2.35. The maximum atomic E-state index is 15.0. The molecule has 1 heterocycles. The first-order chi connectivity index (χ1) is 17.8. The topological polar surface area (TPSA) is 56.2 Å². The van der Waals surface area contributed by atoms with Crippen LogP contribution in [0.1, 0.15) is 0 Å². The Balaban J connectivity index is 2.00. The minimum Gasteiger partial charge on any atom is -0.310 e. The molecule has 1 fully saturated rings. The van der Waals surface area contributed by atoms with E-state index in [1.54, 1.807) is 0 Å². The second kappa shape index (κ2) is 10.4. The van der Waals surface area contributed by atoms with Gasteiger partial charge in [-0.2, -0.15) is 0 Å². The molecular formula is C24H14Cl3F5N4O2. The fourth-order valence-corrected chi connectivity index (χ4v) is 4.12. The summed E-state index contributed by atoms with van der Waals surface area (Å²) in [4.78, 5) is 31.8. The molecule has 1 unspecified atom stereocenters. The number of rotatable bonds is 5. The number of hydrogen-bond acceptors (Lipinski definition) is 4. The Kier molecular flexibility index (Phi) is 7.55. The lowest BCUT2D eigenvalue weighted by molar-refractivity contribution is -0.119. The molecule has 14 heteroatoms. The van der Waals surface area contributed by atoms with Crippen molar-refractivity contribution in [2.45, 2.75) is 9.96 Å². The van der Waals surface area contributed by atoms with Crippen LogP contribution in [0.5, 0.6) is 0 Å². The molecule has 0 aromatic heterocycles. The molecule has 198 valence electrons. The van der Waals surface area contributed by atoms with Gasteiger partial charge in [0.25, 0.3) is 5.91 Å². The number of urea groups is 1. The van der Waals surface area contributed by atoms with Crippen molar-refractivity contribution in [3.05, 3.63) is 89.7 Å². The predicted octanol–water partition coefficient (Wildman–Crippen LogP) is 6.71. The van der Waals surface area contributed by atoms with E-state index in [1.165, 1.54) is 18.2 Å². The summed E-state index contributed by atoms with van der Waals surface area (Å²) in [5.74, 6) is -7.23. The number of anilines is 3. The van der Waals surface area contributed by atoms with Gasteiger partial charge in [-0.25, -0.2) is 36.6 Å². The molecule has 0 bridgehead atoms. The number of amides is 3. The third-order valence-corrected chi connectivity index (χ3v) is 5.99. The van der Waals surface area contributed by atoms with Gasteiger partial charge in [0, 0.05) is 19.2 Å². The molecule has 1 aliphatic heterocycles. The SMILES string of the molecule is CN1C(=O)/C(=N\C(N(c2ccc(F)cc2F)c2ccc(F)cc2F)C(Cl)(Cl)Cl)N(c2ccccc2F)C1=O. The maximum absolute atomic E-state index is 15.0. The molecular weight excluding hydrogens is 578 g/mol. The molecule has 0 N–H and O–H groups in total. The van der Waals surface area contributed by atoms with Crippen LogP contribution in [0.2, 0.25) is 0 Å². The van der Waals surface area contributed by atoms with Gasteiger partial charge in [0.2, 0.25) is 9.63 Å². The summed E-state index contributed by atoms with van der Waals surface area (Å²) in [7, 11) is 1.09. The Labute approximate surface area is 227 Å². The van der Waals surface area contributed by atoms with Gasteiger partial charge in [-0.05, 0) is 36.4 Å². The Morgan fingerprint density at radius 3 is 1.82 bits per heavy atom. The standard InChI is InChI=1S/C24H14Cl3F5N4O2/c1-34-21(37)20(36(23(34)38)17-5-3-2-4-14(17)30)33-22(24(25,26)27)35(18-8-6-12(28)10-15(18)31)19-9-7-13(29)11-16(19)32/h2-11,22H,1H3/b33-20+. The van der Waals surface area contributed by atoms with Gasteiger partial charge in [-0.3, -0.25) is 9.69 Å². The van der Waals surface area contributed by atoms with E-state index in [2.05, 4.69) is 4.99 Å². The van der Waals surface area contributed by atoms with Gasteiger partial charge in [-0.15, -0.1) is 0 Å². The molecule has 3 aromatic rings. The van der Waals surface area contributed by atoms with Gasteiger partial charge in [-0.1, -0.05) is 46.9 Å². The number of amidine groups is 1. The molecule has 4 rings (SSSR count). The number of likely N-dealkylation sites (N-methyl/N-ethyl adjacent to an activating group) is 1. The van der Waals surface area contributed by atoms with Crippen LogP contribution in [0.3, 0.4) is 0 Å². The quantitative estimate of drug-likeness (QED) is 0.188. The van der Waals surface area contributed by atoms with Crippen LogP contribution >= 0.6 is 34.8 Å². The smallest absolute Gasteiger partial charge is 0.310 e. The average molecular weight is 592 g/mol. The molecule has 1 atom stereocenters. The zero-order valence-corrected chi connectivity index (χ0v) is 21.2. The highest BCUT2D eigenvalue weighted by Gasteiger charge is 2.47. The van der Waals surface area contributed by atoms with Crippen molar-refractivity contribution in [2.24, 2.45) is 4.99 Å². The molecule has 0 saturated carbocycles. The van der Waals surface area contributed by atoms with E-state index in [9.17, 15) is 22.8 Å². The van der Waals surface area contributed by atoms with E-state index in [0.717, 1.165) is 37.4 Å². The first-order valence-electron chi connectivity index (χ1n) is 10.5. The van der Waals surface area contributed by atoms with Crippen molar-refractivity contribution < 1.29 is 31.5 Å². The van der Waals surface area contributed by atoms with Crippen molar-refractivity contribution >= 4 is 69.6 Å². The number of aliphatic imine (C=N–C) groups is 1. The Morgan fingerprint density at radius 1 is 0.816 bits per heavy atom. The number of para-hydroxylation sites is 1. The molecule has 1 saturated heterocycles. The van der Waals surface area contributed by atoms with Gasteiger partial charge < -0.3 is 4.90 Å². The van der Waals surface area contributed by atoms with Crippen LogP contribution in [0.25, 0.3) is 0 Å². The molecule has 38 heavy (non-hydrogen) atoms. The lowest BCUT2D eigenvalue weighted by Crippen LogP contribution is -2.44. The molecule has 0 spiro atoms. The Hall–Kier alpha value is -3.41. The van der Waals surface area contributed by atoms with Crippen LogP contribution in [0, 0.1) is 29.1 Å². The zero-order chi connectivity index (χ0) is 27.9. The van der Waals surface area contributed by atoms with E-state index >= 15 is 8.78 Å². The Morgan fingerprint density at radius 2 is 1.34 bits per heavy atom. The number of alkyl halides is 3. The van der Waals surface area contributed by atoms with Crippen molar-refractivity contribution in [3.63, 3.8) is 0 Å². The molecule has 6 nitrogen and oxygen atoms in total. The maximum Gasteiger partial charge on any atom is 0.337 e. The van der Waals surface area contributed by atoms with Crippen molar-refractivity contribution in [3.8, 4) is 0 Å². The summed E-state index contributed by atoms with van der Waals surface area (Å²) < 4.78 is 69.5. The van der Waals surface area contributed by atoms with Crippen LogP contribution < -0.4 is 9.80 Å². The summed E-state index contributed by atoms with van der Waals surface area (Å²) in [6.45, 7) is 0. The van der Waals surface area contributed by atoms with E-state index < -0.39 is 68.2 Å². The number of imide groups is 1. The fraction of sp³-hybridized carbons (Fsp3) is 0.125. The highest BCUT2D eigenvalue weighted by Crippen LogP contribution is 2.43. The minimum atomic E-state index is -2.60. The second-order valence-corrected chi connectivity index (χ2v) is 10.2. The van der Waals surface area contributed by atoms with Crippen LogP contribution in [0.4, 0.5) is 43.8 Å². The summed E-state index contributed by atoms with van der Waals surface area (Å²) in [6.07, 6.45) is -2.04. The molecule has 3 aromatic carbocycles. The summed E-state index contributed by atoms with van der Waals surface area (Å²) in [6, 6.07) is 8.19. The van der Waals surface area contributed by atoms with Crippen LogP contribution in [-0.2, 0) is 4.79 Å². The first-order valence-corrected chi connectivity index (χ1v) is 11.6. The second-order valence-electron chi connectivity index (χ2n) is 7.86. The third kappa shape index (κ3) is 5.13. The summed E-state index contributed by atoms with van der Waals surface area (Å²) in [5, 5.41) is 0. The zero-order valence-electron chi connectivity index (χ0n) is 19.0. The van der Waals surface area contributed by atoms with E-state index in [0.29, 0.717) is 26.8 Å². The fourth-order valence-electron chi connectivity index (χ4n) is 3.68. The summed E-state index contributed by atoms with van der Waals surface area (Å²) >= 11 is 18.5. The number of carbonyl (C=O) groups is 2. The van der Waals surface area contributed by atoms with E-state index in [1.807, 2.05) is 0 Å². The van der Waals surface area contributed by atoms with Gasteiger partial charge in [0.1, 0.15) is 29.1 Å². The Bertz CT molecular complexity index is 1420. The van der Waals surface area contributed by atoms with Crippen molar-refractivity contribution in [1.82, 2.24) is 4.90 Å². The van der Waals surface area contributed by atoms with E-state index in [-0.39, 0.29) is 5.69 Å². The normalized spacial score (nSPS) is 16.0. The highest BCUT2D eigenvalue weighted by atomic mass is 35.6. The molecule has 3 amide bonds. The molecule has 0 radical (unpaired) electrons. The van der Waals surface area contributed by atoms with Gasteiger partial charge in [0.05, 0.1) is 17.1 Å². The third-order valence-electron chi connectivity index (χ3n) is 5.40. The van der Waals surface area contributed by atoms with Crippen molar-refractivity contribution in [1.29, 1.82) is 0 Å². The first kappa shape index (κ1) is 27.6. The minimum absolute atomic E-state index is 0.385. The van der Waals surface area contributed by atoms with Gasteiger partial charge >= 0.3 is 6.03 Å². The number of carbonyl (C=O) groups excluding carboxylic acids is 2. The monoisotopic (exact) mass is 590 g/mol. The number of nitrogens with zero attached hydrogens (tertiary/aromatic N) is 4. The number of hydrogen-bond donors (Lipinski definition) is 0. The van der Waals surface area contributed by atoms with Crippen molar-refractivity contribution in [2.75, 3.05) is 16.8 Å². The predicted molar refractivity (Wildman–Crippen MR) is 133 cm³/mol. The van der Waals surface area contributed by atoms with Crippen LogP contribution in [0.15, 0.2) is 65.7 Å².